The van der Waals surface area contributed by atoms with E-state index < -0.39 is 0 Å². The normalized spacial score (nSPS) is 15.0. The van der Waals surface area contributed by atoms with Gasteiger partial charge in [0, 0.05) is 5.41 Å². The van der Waals surface area contributed by atoms with Gasteiger partial charge in [-0.25, -0.2) is 0 Å². The third kappa shape index (κ3) is 5.46. The minimum absolute atomic E-state index is 0.103. The van der Waals surface area contributed by atoms with Crippen LogP contribution in [0.15, 0.2) is 146 Å². The Morgan fingerprint density at radius 3 is 1.13 bits per heavy atom. The highest BCUT2D eigenvalue weighted by atomic mass is 14.5. The Balaban J connectivity index is 1.09. The van der Waals surface area contributed by atoms with E-state index in [-0.39, 0.29) is 5.41 Å². The van der Waals surface area contributed by atoms with Crippen LogP contribution >= 0.6 is 0 Å². The van der Waals surface area contributed by atoms with Crippen LogP contribution in [0, 0.1) is 0 Å². The molecule has 0 aliphatic heterocycles. The number of benzene rings is 6. The van der Waals surface area contributed by atoms with Gasteiger partial charge in [-0.1, -0.05) is 177 Å². The third-order valence-corrected chi connectivity index (χ3v) is 10.1. The van der Waals surface area contributed by atoms with Crippen LogP contribution < -0.4 is 0 Å². The number of rotatable bonds is 6. The van der Waals surface area contributed by atoms with Crippen molar-refractivity contribution in [3.05, 3.63) is 179 Å². The third-order valence-electron chi connectivity index (χ3n) is 10.1. The summed E-state index contributed by atoms with van der Waals surface area (Å²) in [5, 5.41) is 0. The first-order chi connectivity index (χ1) is 22.7. The lowest BCUT2D eigenvalue weighted by molar-refractivity contribution is 0.353. The van der Waals surface area contributed by atoms with Crippen molar-refractivity contribution in [2.24, 2.45) is 0 Å². The van der Waals surface area contributed by atoms with E-state index in [9.17, 15) is 0 Å². The maximum absolute atomic E-state index is 2.52. The molecule has 0 atom stereocenters. The molecule has 46 heavy (non-hydrogen) atoms. The first-order valence-electron chi connectivity index (χ1n) is 16.7. The SMILES string of the molecule is C(=Cc1ccc(-c2ccc3c(c2)C2(CCCCC2)c2cc(-c4ccc(C=Cc5ccccc5)cc4)ccc2-3)cc1)c1ccccc1. The van der Waals surface area contributed by atoms with Gasteiger partial charge in [0.2, 0.25) is 0 Å². The van der Waals surface area contributed by atoms with Gasteiger partial charge in [-0.3, -0.25) is 0 Å². The molecule has 0 N–H and O–H groups in total. The van der Waals surface area contributed by atoms with Crippen LogP contribution in [-0.4, -0.2) is 0 Å². The van der Waals surface area contributed by atoms with Crippen molar-refractivity contribution < 1.29 is 0 Å². The van der Waals surface area contributed by atoms with Crippen LogP contribution in [0.25, 0.3) is 57.7 Å². The van der Waals surface area contributed by atoms with Crippen molar-refractivity contribution >= 4 is 24.3 Å². The van der Waals surface area contributed by atoms with E-state index >= 15 is 0 Å². The minimum Gasteiger partial charge on any atom is -0.0622 e. The summed E-state index contributed by atoms with van der Waals surface area (Å²) >= 11 is 0. The van der Waals surface area contributed by atoms with Crippen LogP contribution in [0.3, 0.4) is 0 Å². The number of hydrogen-bond acceptors (Lipinski definition) is 0. The first kappa shape index (κ1) is 28.3. The lowest BCUT2D eigenvalue weighted by Gasteiger charge is -2.36. The summed E-state index contributed by atoms with van der Waals surface area (Å²) in [4.78, 5) is 0. The molecule has 0 aromatic heterocycles. The van der Waals surface area contributed by atoms with Gasteiger partial charge >= 0.3 is 0 Å². The predicted molar refractivity (Wildman–Crippen MR) is 197 cm³/mol. The second-order valence-corrected chi connectivity index (χ2v) is 12.9. The molecule has 0 saturated heterocycles. The fraction of sp³-hybridized carbons (Fsp3) is 0.130. The molecule has 1 spiro atoms. The van der Waals surface area contributed by atoms with E-state index in [1.165, 1.54) is 98.9 Å². The Bertz CT molecular complexity index is 1870. The van der Waals surface area contributed by atoms with Crippen molar-refractivity contribution in [3.63, 3.8) is 0 Å². The molecule has 0 heterocycles. The summed E-state index contributed by atoms with van der Waals surface area (Å²) in [6.07, 6.45) is 15.1. The van der Waals surface area contributed by atoms with Crippen LogP contribution in [0.5, 0.6) is 0 Å². The van der Waals surface area contributed by atoms with Crippen LogP contribution in [0.4, 0.5) is 0 Å². The molecule has 1 fully saturated rings. The molecule has 0 amide bonds. The molecule has 1 saturated carbocycles. The average Bonchev–Trinajstić information content (AvgIpc) is 3.39. The predicted octanol–water partition coefficient (Wildman–Crippen LogP) is 12.6. The van der Waals surface area contributed by atoms with E-state index in [0.717, 1.165) is 0 Å². The molecule has 8 rings (SSSR count). The molecule has 0 unspecified atom stereocenters. The minimum atomic E-state index is 0.103. The maximum Gasteiger partial charge on any atom is 0.0215 e. The van der Waals surface area contributed by atoms with Gasteiger partial charge in [-0.15, -0.1) is 0 Å². The Kier molecular flexibility index (Phi) is 7.56. The molecule has 0 bridgehead atoms. The van der Waals surface area contributed by atoms with Gasteiger partial charge in [-0.2, -0.15) is 0 Å². The van der Waals surface area contributed by atoms with Crippen molar-refractivity contribution in [1.29, 1.82) is 0 Å². The summed E-state index contributed by atoms with van der Waals surface area (Å²) in [7, 11) is 0. The van der Waals surface area contributed by atoms with Crippen LogP contribution in [0.1, 0.15) is 65.5 Å². The quantitative estimate of drug-likeness (QED) is 0.169. The Morgan fingerprint density at radius 2 is 0.717 bits per heavy atom. The Labute approximate surface area is 273 Å². The summed E-state index contributed by atoms with van der Waals surface area (Å²) in [5.74, 6) is 0. The van der Waals surface area contributed by atoms with Crippen molar-refractivity contribution in [2.45, 2.75) is 37.5 Å². The van der Waals surface area contributed by atoms with Gasteiger partial charge in [-0.05, 0) is 91.7 Å². The van der Waals surface area contributed by atoms with Crippen LogP contribution in [-0.2, 0) is 5.41 Å². The highest BCUT2D eigenvalue weighted by molar-refractivity contribution is 5.86. The van der Waals surface area contributed by atoms with Gasteiger partial charge < -0.3 is 0 Å². The largest absolute Gasteiger partial charge is 0.0622 e. The maximum atomic E-state index is 2.52. The lowest BCUT2D eigenvalue weighted by atomic mass is 9.67. The molecule has 0 heteroatoms. The molecular weight excluding hydrogens is 553 g/mol. The molecule has 2 aliphatic rings. The summed E-state index contributed by atoms with van der Waals surface area (Å²) in [6.45, 7) is 0. The molecule has 6 aromatic carbocycles. The second-order valence-electron chi connectivity index (χ2n) is 12.9. The summed E-state index contributed by atoms with van der Waals surface area (Å²) in [5.41, 5.74) is 16.1. The highest BCUT2D eigenvalue weighted by Gasteiger charge is 2.44. The van der Waals surface area contributed by atoms with Crippen LogP contribution in [0.2, 0.25) is 0 Å². The smallest absolute Gasteiger partial charge is 0.0215 e. The highest BCUT2D eigenvalue weighted by Crippen LogP contribution is 2.57. The zero-order valence-corrected chi connectivity index (χ0v) is 26.2. The first-order valence-corrected chi connectivity index (χ1v) is 16.7. The topological polar surface area (TPSA) is 0 Å². The monoisotopic (exact) mass is 590 g/mol. The molecular formula is C46H38. The fourth-order valence-corrected chi connectivity index (χ4v) is 7.63. The summed E-state index contributed by atoms with van der Waals surface area (Å²) in [6, 6.07) is 53.5. The Morgan fingerprint density at radius 1 is 0.348 bits per heavy atom. The molecule has 0 radical (unpaired) electrons. The van der Waals surface area contributed by atoms with E-state index in [4.69, 9.17) is 0 Å². The van der Waals surface area contributed by atoms with Gasteiger partial charge in [0.05, 0.1) is 0 Å². The van der Waals surface area contributed by atoms with Crippen molar-refractivity contribution in [1.82, 2.24) is 0 Å². The molecule has 2 aliphatic carbocycles. The van der Waals surface area contributed by atoms with E-state index in [2.05, 4.69) is 170 Å². The van der Waals surface area contributed by atoms with Gasteiger partial charge in [0.25, 0.3) is 0 Å². The zero-order chi connectivity index (χ0) is 30.8. The summed E-state index contributed by atoms with van der Waals surface area (Å²) < 4.78 is 0. The lowest BCUT2D eigenvalue weighted by Crippen LogP contribution is -2.28. The average molecular weight is 591 g/mol. The fourth-order valence-electron chi connectivity index (χ4n) is 7.63. The standard InChI is InChI=1S/C46H38/c1-4-10-34(11-5-1)14-16-36-18-22-38(23-19-36)40-26-28-42-43-29-27-41(33-45(43)46(44(42)32-40)30-8-3-9-31-46)39-24-20-37(21-25-39)17-15-35-12-6-2-7-13-35/h1-2,4-7,10-29,32-33H,3,8-9,30-31H2. The van der Waals surface area contributed by atoms with E-state index in [0.29, 0.717) is 0 Å². The number of hydrogen-bond donors (Lipinski definition) is 0. The Hall–Kier alpha value is -5.20. The van der Waals surface area contributed by atoms with E-state index in [1.54, 1.807) is 0 Å². The van der Waals surface area contributed by atoms with E-state index in [1.807, 2.05) is 0 Å². The molecule has 6 aromatic rings. The second kappa shape index (κ2) is 12.3. The van der Waals surface area contributed by atoms with Gasteiger partial charge in [0.1, 0.15) is 0 Å². The van der Waals surface area contributed by atoms with Crippen molar-refractivity contribution in [3.8, 4) is 33.4 Å². The number of fused-ring (bicyclic) bond motifs is 5. The van der Waals surface area contributed by atoms with Gasteiger partial charge in [0.15, 0.2) is 0 Å². The molecule has 0 nitrogen and oxygen atoms in total. The van der Waals surface area contributed by atoms with Crippen molar-refractivity contribution in [2.75, 3.05) is 0 Å². The zero-order valence-electron chi connectivity index (χ0n) is 26.2. The molecule has 222 valence electrons.